The third kappa shape index (κ3) is 3.23. The molecule has 0 bridgehead atoms. The highest BCUT2D eigenvalue weighted by Crippen LogP contribution is 2.39. The Bertz CT molecular complexity index is 235. The highest BCUT2D eigenvalue weighted by molar-refractivity contribution is 4.92. The van der Waals surface area contributed by atoms with Crippen LogP contribution in [0.4, 0.5) is 0 Å². The molecule has 17 heavy (non-hydrogen) atoms. The first-order valence-corrected chi connectivity index (χ1v) is 7.61. The summed E-state index contributed by atoms with van der Waals surface area (Å²) < 4.78 is 0. The molecule has 1 saturated carbocycles. The molecule has 0 amide bonds. The molecule has 100 valence electrons. The molecule has 0 spiro atoms. The smallest absolute Gasteiger partial charge is 0.0195 e. The fraction of sp³-hybridized carbons (Fsp3) is 1.00. The van der Waals surface area contributed by atoms with Crippen molar-refractivity contribution in [3.63, 3.8) is 0 Å². The fourth-order valence-corrected chi connectivity index (χ4v) is 3.90. The van der Waals surface area contributed by atoms with Crippen molar-refractivity contribution in [1.82, 2.24) is 10.2 Å². The first kappa shape index (κ1) is 13.4. The van der Waals surface area contributed by atoms with E-state index in [1.807, 2.05) is 0 Å². The van der Waals surface area contributed by atoms with E-state index in [2.05, 4.69) is 31.0 Å². The topological polar surface area (TPSA) is 15.3 Å². The SMILES string of the molecule is CCNC1CCCN(C2CCCCC2(C)C)C1. The molecule has 2 heteroatoms. The van der Waals surface area contributed by atoms with Gasteiger partial charge >= 0.3 is 0 Å². The van der Waals surface area contributed by atoms with E-state index < -0.39 is 0 Å². The quantitative estimate of drug-likeness (QED) is 0.813. The maximum absolute atomic E-state index is 3.64. The molecule has 0 aromatic carbocycles. The Morgan fingerprint density at radius 1 is 1.18 bits per heavy atom. The van der Waals surface area contributed by atoms with Gasteiger partial charge in [-0.1, -0.05) is 33.6 Å². The third-order valence-corrected chi connectivity index (χ3v) is 4.84. The van der Waals surface area contributed by atoms with Gasteiger partial charge in [-0.3, -0.25) is 4.90 Å². The minimum atomic E-state index is 0.534. The monoisotopic (exact) mass is 238 g/mol. The number of nitrogens with zero attached hydrogens (tertiary/aromatic N) is 1. The van der Waals surface area contributed by atoms with Gasteiger partial charge in [-0.05, 0) is 44.2 Å². The summed E-state index contributed by atoms with van der Waals surface area (Å²) in [5.74, 6) is 0. The van der Waals surface area contributed by atoms with Crippen LogP contribution < -0.4 is 5.32 Å². The van der Waals surface area contributed by atoms with Crippen molar-refractivity contribution in [2.45, 2.75) is 71.4 Å². The number of likely N-dealkylation sites (N-methyl/N-ethyl adjacent to an activating group) is 1. The van der Waals surface area contributed by atoms with E-state index in [1.165, 1.54) is 51.6 Å². The lowest BCUT2D eigenvalue weighted by atomic mass is 9.72. The van der Waals surface area contributed by atoms with Gasteiger partial charge in [-0.25, -0.2) is 0 Å². The second-order valence-corrected chi connectivity index (χ2v) is 6.64. The zero-order chi connectivity index (χ0) is 12.3. The third-order valence-electron chi connectivity index (χ3n) is 4.84. The molecular weight excluding hydrogens is 208 g/mol. The van der Waals surface area contributed by atoms with E-state index in [0.29, 0.717) is 5.41 Å². The molecule has 0 radical (unpaired) electrons. The summed E-state index contributed by atoms with van der Waals surface area (Å²) in [6.07, 6.45) is 8.47. The summed E-state index contributed by atoms with van der Waals surface area (Å²) >= 11 is 0. The van der Waals surface area contributed by atoms with Crippen LogP contribution in [0, 0.1) is 5.41 Å². The van der Waals surface area contributed by atoms with Gasteiger partial charge in [0.15, 0.2) is 0 Å². The Labute approximate surface area is 107 Å². The molecule has 2 nitrogen and oxygen atoms in total. The van der Waals surface area contributed by atoms with E-state index >= 15 is 0 Å². The van der Waals surface area contributed by atoms with Gasteiger partial charge in [0.05, 0.1) is 0 Å². The molecule has 2 fully saturated rings. The molecule has 0 aromatic rings. The molecule has 2 atom stereocenters. The van der Waals surface area contributed by atoms with Crippen molar-refractivity contribution in [3.8, 4) is 0 Å². The number of rotatable bonds is 3. The van der Waals surface area contributed by atoms with Crippen LogP contribution in [0.3, 0.4) is 0 Å². The fourth-order valence-electron chi connectivity index (χ4n) is 3.90. The number of piperidine rings is 1. The first-order valence-electron chi connectivity index (χ1n) is 7.61. The standard InChI is InChI=1S/C15H30N2/c1-4-16-13-8-7-11-17(12-13)14-9-5-6-10-15(14,2)3/h13-14,16H,4-12H2,1-3H3. The van der Waals surface area contributed by atoms with E-state index in [9.17, 15) is 0 Å². The molecule has 1 aliphatic carbocycles. The minimum absolute atomic E-state index is 0.534. The Balaban J connectivity index is 1.95. The van der Waals surface area contributed by atoms with Gasteiger partial charge < -0.3 is 5.32 Å². The highest BCUT2D eigenvalue weighted by atomic mass is 15.2. The Morgan fingerprint density at radius 3 is 2.71 bits per heavy atom. The number of likely N-dealkylation sites (tertiary alicyclic amines) is 1. The molecule has 1 saturated heterocycles. The molecule has 2 rings (SSSR count). The van der Waals surface area contributed by atoms with E-state index in [0.717, 1.165) is 18.6 Å². The molecule has 0 aromatic heterocycles. The molecule has 1 heterocycles. The molecule has 2 unspecified atom stereocenters. The Kier molecular flexibility index (Phi) is 4.48. The van der Waals surface area contributed by atoms with Gasteiger partial charge in [0.25, 0.3) is 0 Å². The van der Waals surface area contributed by atoms with Crippen LogP contribution in [0.25, 0.3) is 0 Å². The number of nitrogens with one attached hydrogen (secondary N) is 1. The summed E-state index contributed by atoms with van der Waals surface area (Å²) in [5, 5.41) is 3.64. The maximum atomic E-state index is 3.64. The zero-order valence-electron chi connectivity index (χ0n) is 12.0. The normalized spacial score (nSPS) is 34.8. The van der Waals surface area contributed by atoms with E-state index in [-0.39, 0.29) is 0 Å². The van der Waals surface area contributed by atoms with Gasteiger partial charge in [0, 0.05) is 18.6 Å². The highest BCUT2D eigenvalue weighted by Gasteiger charge is 2.37. The maximum Gasteiger partial charge on any atom is 0.0195 e. The average molecular weight is 238 g/mol. The number of hydrogen-bond acceptors (Lipinski definition) is 2. The molecule has 1 N–H and O–H groups in total. The molecule has 1 aliphatic heterocycles. The van der Waals surface area contributed by atoms with Crippen molar-refractivity contribution in [1.29, 1.82) is 0 Å². The lowest BCUT2D eigenvalue weighted by Gasteiger charge is -2.48. The first-order chi connectivity index (χ1) is 8.13. The second-order valence-electron chi connectivity index (χ2n) is 6.64. The summed E-state index contributed by atoms with van der Waals surface area (Å²) in [7, 11) is 0. The van der Waals surface area contributed by atoms with Gasteiger partial charge in [0.2, 0.25) is 0 Å². The lowest BCUT2D eigenvalue weighted by molar-refractivity contribution is 0.0269. The van der Waals surface area contributed by atoms with Crippen molar-refractivity contribution in [2.24, 2.45) is 5.41 Å². The van der Waals surface area contributed by atoms with Crippen molar-refractivity contribution >= 4 is 0 Å². The van der Waals surface area contributed by atoms with Crippen LogP contribution in [0.15, 0.2) is 0 Å². The predicted molar refractivity (Wildman–Crippen MR) is 74.3 cm³/mol. The number of hydrogen-bond donors (Lipinski definition) is 1. The lowest BCUT2D eigenvalue weighted by Crippen LogP contribution is -2.54. The summed E-state index contributed by atoms with van der Waals surface area (Å²) in [5.41, 5.74) is 0.534. The average Bonchev–Trinajstić information content (AvgIpc) is 2.29. The largest absolute Gasteiger partial charge is 0.313 e. The van der Waals surface area contributed by atoms with Gasteiger partial charge in [-0.15, -0.1) is 0 Å². The van der Waals surface area contributed by atoms with Crippen LogP contribution >= 0.6 is 0 Å². The summed E-state index contributed by atoms with van der Waals surface area (Å²) in [6, 6.07) is 1.57. The van der Waals surface area contributed by atoms with Crippen molar-refractivity contribution in [2.75, 3.05) is 19.6 Å². The van der Waals surface area contributed by atoms with E-state index in [1.54, 1.807) is 0 Å². The Hall–Kier alpha value is -0.0800. The minimum Gasteiger partial charge on any atom is -0.313 e. The summed E-state index contributed by atoms with van der Waals surface area (Å²) in [4.78, 5) is 2.79. The zero-order valence-corrected chi connectivity index (χ0v) is 12.0. The molecule has 2 aliphatic rings. The van der Waals surface area contributed by atoms with Crippen LogP contribution in [0.2, 0.25) is 0 Å². The predicted octanol–water partition coefficient (Wildman–Crippen LogP) is 3.03. The van der Waals surface area contributed by atoms with E-state index in [4.69, 9.17) is 0 Å². The summed E-state index contributed by atoms with van der Waals surface area (Å²) in [6.45, 7) is 10.9. The molecular formula is C15H30N2. The van der Waals surface area contributed by atoms with Crippen LogP contribution in [-0.2, 0) is 0 Å². The van der Waals surface area contributed by atoms with Crippen molar-refractivity contribution in [3.05, 3.63) is 0 Å². The Morgan fingerprint density at radius 2 is 2.00 bits per heavy atom. The van der Waals surface area contributed by atoms with Gasteiger partial charge in [-0.2, -0.15) is 0 Å². The van der Waals surface area contributed by atoms with Gasteiger partial charge in [0.1, 0.15) is 0 Å². The van der Waals surface area contributed by atoms with Crippen LogP contribution in [0.1, 0.15) is 59.3 Å². The van der Waals surface area contributed by atoms with Crippen molar-refractivity contribution < 1.29 is 0 Å². The second kappa shape index (κ2) is 5.71. The van der Waals surface area contributed by atoms with Crippen LogP contribution in [0.5, 0.6) is 0 Å². The van der Waals surface area contributed by atoms with Crippen LogP contribution in [-0.4, -0.2) is 36.6 Å².